The quantitative estimate of drug-likeness (QED) is 0.721. The molecule has 0 radical (unpaired) electrons. The maximum Gasteiger partial charge on any atom is 0.0366 e. The minimum atomic E-state index is -0.0738. The Morgan fingerprint density at radius 1 is 1.50 bits per heavy atom. The monoisotopic (exact) mass is 224 g/mol. The first-order chi connectivity index (χ1) is 7.35. The van der Waals surface area contributed by atoms with Gasteiger partial charge in [-0.05, 0) is 52.5 Å². The van der Waals surface area contributed by atoms with Gasteiger partial charge < -0.3 is 11.1 Å². The molecule has 94 valence electrons. The molecule has 1 aliphatic rings. The largest absolute Gasteiger partial charge is 0.322 e. The highest BCUT2D eigenvalue weighted by Crippen LogP contribution is 2.38. The number of allylic oxidation sites excluding steroid dienone is 1. The van der Waals surface area contributed by atoms with Crippen LogP contribution in [-0.2, 0) is 0 Å². The predicted octanol–water partition coefficient (Wildman–Crippen LogP) is 2.84. The Kier molecular flexibility index (Phi) is 4.19. The smallest absolute Gasteiger partial charge is 0.0366 e. The van der Waals surface area contributed by atoms with E-state index in [-0.39, 0.29) is 11.1 Å². The van der Waals surface area contributed by atoms with E-state index in [2.05, 4.69) is 46.0 Å². The van der Waals surface area contributed by atoms with E-state index < -0.39 is 0 Å². The van der Waals surface area contributed by atoms with Crippen LogP contribution in [0.4, 0.5) is 0 Å². The Bertz CT molecular complexity index is 268. The second-order valence-corrected chi connectivity index (χ2v) is 5.79. The van der Waals surface area contributed by atoms with Gasteiger partial charge in [-0.15, -0.1) is 0 Å². The topological polar surface area (TPSA) is 38.0 Å². The Morgan fingerprint density at radius 2 is 2.12 bits per heavy atom. The molecule has 0 aromatic carbocycles. The molecular weight excluding hydrogens is 196 g/mol. The molecule has 0 fully saturated rings. The second-order valence-electron chi connectivity index (χ2n) is 5.79. The number of nitrogens with two attached hydrogens (primary N) is 1. The zero-order valence-corrected chi connectivity index (χ0v) is 11.6. The van der Waals surface area contributed by atoms with Gasteiger partial charge >= 0.3 is 0 Å². The lowest BCUT2D eigenvalue weighted by atomic mass is 9.68. The summed E-state index contributed by atoms with van der Waals surface area (Å²) < 4.78 is 0. The van der Waals surface area contributed by atoms with Gasteiger partial charge in [0.15, 0.2) is 0 Å². The lowest BCUT2D eigenvalue weighted by molar-refractivity contribution is 0.196. The second kappa shape index (κ2) is 4.89. The van der Waals surface area contributed by atoms with Crippen molar-refractivity contribution >= 4 is 0 Å². The molecule has 3 N–H and O–H groups in total. The summed E-state index contributed by atoms with van der Waals surface area (Å²) in [6, 6.07) is 0. The van der Waals surface area contributed by atoms with Gasteiger partial charge in [0.2, 0.25) is 0 Å². The Labute approximate surface area is 101 Å². The molecule has 0 aromatic rings. The maximum absolute atomic E-state index is 6.49. The summed E-state index contributed by atoms with van der Waals surface area (Å²) in [7, 11) is 0. The average Bonchev–Trinajstić information content (AvgIpc) is 2.22. The highest BCUT2D eigenvalue weighted by molar-refractivity contribution is 5.22. The van der Waals surface area contributed by atoms with Gasteiger partial charge in [-0.3, -0.25) is 0 Å². The minimum absolute atomic E-state index is 0.0738. The van der Waals surface area contributed by atoms with E-state index in [1.807, 2.05) is 0 Å². The first kappa shape index (κ1) is 13.7. The summed E-state index contributed by atoms with van der Waals surface area (Å²) in [6.07, 6.45) is 5.64. The third-order valence-corrected chi connectivity index (χ3v) is 4.39. The first-order valence-corrected chi connectivity index (χ1v) is 6.57. The summed E-state index contributed by atoms with van der Waals surface area (Å²) in [4.78, 5) is 0. The van der Waals surface area contributed by atoms with Crippen LogP contribution in [0.15, 0.2) is 11.6 Å². The fourth-order valence-corrected chi connectivity index (χ4v) is 2.78. The van der Waals surface area contributed by atoms with E-state index in [0.717, 1.165) is 25.8 Å². The minimum Gasteiger partial charge on any atom is -0.322 e. The van der Waals surface area contributed by atoms with Gasteiger partial charge in [0.1, 0.15) is 0 Å². The summed E-state index contributed by atoms with van der Waals surface area (Å²) >= 11 is 0. The van der Waals surface area contributed by atoms with Crippen LogP contribution in [0.1, 0.15) is 53.9 Å². The number of rotatable bonds is 4. The first-order valence-electron chi connectivity index (χ1n) is 6.57. The van der Waals surface area contributed by atoms with Crippen LogP contribution >= 0.6 is 0 Å². The van der Waals surface area contributed by atoms with Crippen molar-refractivity contribution in [2.45, 2.75) is 65.0 Å². The lowest BCUT2D eigenvalue weighted by Gasteiger charge is -2.44. The molecule has 0 aromatic heterocycles. The van der Waals surface area contributed by atoms with Gasteiger partial charge in [0.05, 0.1) is 0 Å². The fourth-order valence-electron chi connectivity index (χ4n) is 2.78. The Hall–Kier alpha value is -0.340. The zero-order chi connectivity index (χ0) is 12.4. The van der Waals surface area contributed by atoms with Gasteiger partial charge in [-0.25, -0.2) is 0 Å². The molecular formula is C14H28N2. The fraction of sp³-hybridized carbons (Fsp3) is 0.857. The van der Waals surface area contributed by atoms with Crippen LogP contribution in [-0.4, -0.2) is 17.6 Å². The van der Waals surface area contributed by atoms with Gasteiger partial charge in [0.25, 0.3) is 0 Å². The van der Waals surface area contributed by atoms with E-state index in [1.165, 1.54) is 5.57 Å². The van der Waals surface area contributed by atoms with E-state index in [0.29, 0.717) is 5.92 Å². The standard InChI is InChI=1S/C14H28N2/c1-6-14(15)10-12(9-8-11(14)3)13(4,5)16-7-2/h8,12,16H,6-7,9-10,15H2,1-5H3. The van der Waals surface area contributed by atoms with Crippen molar-refractivity contribution in [2.75, 3.05) is 6.54 Å². The molecule has 0 bridgehead atoms. The third-order valence-electron chi connectivity index (χ3n) is 4.39. The molecule has 0 spiro atoms. The van der Waals surface area contributed by atoms with Gasteiger partial charge in [-0.1, -0.05) is 25.5 Å². The van der Waals surface area contributed by atoms with E-state index in [4.69, 9.17) is 5.73 Å². The van der Waals surface area contributed by atoms with Crippen LogP contribution in [0, 0.1) is 5.92 Å². The molecule has 0 heterocycles. The summed E-state index contributed by atoms with van der Waals surface area (Å²) in [5, 5.41) is 3.58. The maximum atomic E-state index is 6.49. The molecule has 2 atom stereocenters. The highest BCUT2D eigenvalue weighted by atomic mass is 15.0. The number of hydrogen-bond acceptors (Lipinski definition) is 2. The van der Waals surface area contributed by atoms with Crippen LogP contribution < -0.4 is 11.1 Å². The van der Waals surface area contributed by atoms with Crippen LogP contribution in [0.5, 0.6) is 0 Å². The van der Waals surface area contributed by atoms with Crippen molar-refractivity contribution in [1.29, 1.82) is 0 Å². The molecule has 2 unspecified atom stereocenters. The molecule has 2 nitrogen and oxygen atoms in total. The Balaban J connectivity index is 2.82. The molecule has 16 heavy (non-hydrogen) atoms. The number of nitrogens with one attached hydrogen (secondary N) is 1. The summed E-state index contributed by atoms with van der Waals surface area (Å²) in [6.45, 7) is 12.2. The van der Waals surface area contributed by atoms with Crippen molar-refractivity contribution in [2.24, 2.45) is 11.7 Å². The van der Waals surface area contributed by atoms with Crippen molar-refractivity contribution < 1.29 is 0 Å². The van der Waals surface area contributed by atoms with E-state index in [1.54, 1.807) is 0 Å². The van der Waals surface area contributed by atoms with E-state index >= 15 is 0 Å². The van der Waals surface area contributed by atoms with Crippen LogP contribution in [0.2, 0.25) is 0 Å². The van der Waals surface area contributed by atoms with Crippen molar-refractivity contribution in [1.82, 2.24) is 5.32 Å². The molecule has 0 amide bonds. The third kappa shape index (κ3) is 2.67. The molecule has 0 aliphatic heterocycles. The van der Waals surface area contributed by atoms with E-state index in [9.17, 15) is 0 Å². The van der Waals surface area contributed by atoms with Crippen molar-refractivity contribution in [3.63, 3.8) is 0 Å². The van der Waals surface area contributed by atoms with Crippen molar-refractivity contribution in [3.8, 4) is 0 Å². The summed E-state index contributed by atoms with van der Waals surface area (Å²) in [5.74, 6) is 0.640. The average molecular weight is 224 g/mol. The SMILES string of the molecule is CCNC(C)(C)C1CC=C(C)C(N)(CC)C1. The molecule has 0 saturated carbocycles. The molecule has 1 aliphatic carbocycles. The predicted molar refractivity (Wildman–Crippen MR) is 71.4 cm³/mol. The lowest BCUT2D eigenvalue weighted by Crippen LogP contribution is -2.53. The Morgan fingerprint density at radius 3 is 2.62 bits per heavy atom. The van der Waals surface area contributed by atoms with Crippen LogP contribution in [0.3, 0.4) is 0 Å². The zero-order valence-electron chi connectivity index (χ0n) is 11.6. The normalized spacial score (nSPS) is 31.4. The van der Waals surface area contributed by atoms with Gasteiger partial charge in [0, 0.05) is 11.1 Å². The van der Waals surface area contributed by atoms with Gasteiger partial charge in [-0.2, -0.15) is 0 Å². The highest BCUT2D eigenvalue weighted by Gasteiger charge is 2.38. The number of hydrogen-bond donors (Lipinski definition) is 2. The summed E-state index contributed by atoms with van der Waals surface area (Å²) in [5.41, 5.74) is 7.98. The van der Waals surface area contributed by atoms with Crippen LogP contribution in [0.25, 0.3) is 0 Å². The van der Waals surface area contributed by atoms with Crippen molar-refractivity contribution in [3.05, 3.63) is 11.6 Å². The molecule has 2 heteroatoms. The molecule has 0 saturated heterocycles. The molecule has 1 rings (SSSR count).